The number of carbonyl (C=O) groups is 1. The number of nitrogens with zero attached hydrogens (tertiary/aromatic N) is 2. The van der Waals surface area contributed by atoms with Crippen molar-refractivity contribution in [3.63, 3.8) is 0 Å². The van der Waals surface area contributed by atoms with Crippen LogP contribution in [0.1, 0.15) is 35.7 Å². The zero-order chi connectivity index (χ0) is 10.8. The van der Waals surface area contributed by atoms with E-state index < -0.39 is 0 Å². The van der Waals surface area contributed by atoms with Crippen molar-refractivity contribution in [3.8, 4) is 0 Å². The Labute approximate surface area is 87.7 Å². The van der Waals surface area contributed by atoms with E-state index in [9.17, 15) is 9.90 Å². The number of aliphatic hydroxyl groups excluding tert-OH is 1. The standard InChI is InChI=1S/C10H14N2O3/c1-15-10(14)7-5-11-12(6-7)8-2-3-9(13)4-8/h5-6,8-9,13H,2-4H2,1H3. The number of ether oxygens (including phenoxy) is 1. The molecule has 0 aromatic carbocycles. The van der Waals surface area contributed by atoms with Gasteiger partial charge in [0.05, 0.1) is 31.0 Å². The number of methoxy groups -OCH3 is 1. The fourth-order valence-electron chi connectivity index (χ4n) is 1.94. The van der Waals surface area contributed by atoms with Crippen molar-refractivity contribution in [1.29, 1.82) is 0 Å². The van der Waals surface area contributed by atoms with Gasteiger partial charge >= 0.3 is 5.97 Å². The first-order chi connectivity index (χ1) is 7.20. The van der Waals surface area contributed by atoms with Gasteiger partial charge in [-0.2, -0.15) is 5.10 Å². The summed E-state index contributed by atoms with van der Waals surface area (Å²) in [6, 6.07) is 0.207. The van der Waals surface area contributed by atoms with Crippen LogP contribution in [0.2, 0.25) is 0 Å². The lowest BCUT2D eigenvalue weighted by Crippen LogP contribution is -2.07. The Kier molecular flexibility index (Phi) is 2.73. The predicted molar refractivity (Wildman–Crippen MR) is 52.5 cm³/mol. The second kappa shape index (κ2) is 4.02. The normalized spacial score (nSPS) is 25.5. The first-order valence-electron chi connectivity index (χ1n) is 5.01. The van der Waals surface area contributed by atoms with E-state index in [0.29, 0.717) is 12.0 Å². The highest BCUT2D eigenvalue weighted by molar-refractivity contribution is 5.88. The highest BCUT2D eigenvalue weighted by Crippen LogP contribution is 2.29. The minimum Gasteiger partial charge on any atom is -0.465 e. The van der Waals surface area contributed by atoms with Crippen LogP contribution in [0.5, 0.6) is 0 Å². The third-order valence-corrected chi connectivity index (χ3v) is 2.77. The number of hydrogen-bond donors (Lipinski definition) is 1. The third kappa shape index (κ3) is 2.02. The van der Waals surface area contributed by atoms with Gasteiger partial charge < -0.3 is 9.84 Å². The largest absolute Gasteiger partial charge is 0.465 e. The average Bonchev–Trinajstić information content (AvgIpc) is 2.84. The summed E-state index contributed by atoms with van der Waals surface area (Å²) in [5.41, 5.74) is 0.457. The summed E-state index contributed by atoms with van der Waals surface area (Å²) in [7, 11) is 1.35. The second-order valence-electron chi connectivity index (χ2n) is 3.82. The lowest BCUT2D eigenvalue weighted by molar-refractivity contribution is 0.0600. The summed E-state index contributed by atoms with van der Waals surface area (Å²) < 4.78 is 6.33. The van der Waals surface area contributed by atoms with Gasteiger partial charge in [-0.15, -0.1) is 0 Å². The van der Waals surface area contributed by atoms with Gasteiger partial charge in [0.2, 0.25) is 0 Å². The highest BCUT2D eigenvalue weighted by Gasteiger charge is 2.25. The van der Waals surface area contributed by atoms with Crippen LogP contribution in [0, 0.1) is 0 Å². The third-order valence-electron chi connectivity index (χ3n) is 2.77. The summed E-state index contributed by atoms with van der Waals surface area (Å²) in [5.74, 6) is -0.375. The Morgan fingerprint density at radius 2 is 2.47 bits per heavy atom. The minimum absolute atomic E-state index is 0.207. The fraction of sp³-hybridized carbons (Fsp3) is 0.600. The van der Waals surface area contributed by atoms with E-state index in [1.807, 2.05) is 0 Å². The summed E-state index contributed by atoms with van der Waals surface area (Å²) in [4.78, 5) is 11.2. The van der Waals surface area contributed by atoms with E-state index in [0.717, 1.165) is 12.8 Å². The van der Waals surface area contributed by atoms with Crippen LogP contribution in [-0.4, -0.2) is 34.1 Å². The Morgan fingerprint density at radius 1 is 1.67 bits per heavy atom. The van der Waals surface area contributed by atoms with Crippen molar-refractivity contribution < 1.29 is 14.6 Å². The van der Waals surface area contributed by atoms with E-state index in [1.54, 1.807) is 10.9 Å². The van der Waals surface area contributed by atoms with Crippen molar-refractivity contribution in [3.05, 3.63) is 18.0 Å². The quantitative estimate of drug-likeness (QED) is 0.732. The van der Waals surface area contributed by atoms with Crippen LogP contribution >= 0.6 is 0 Å². The second-order valence-corrected chi connectivity index (χ2v) is 3.82. The SMILES string of the molecule is COC(=O)c1cnn(C2CCC(O)C2)c1. The molecule has 0 bridgehead atoms. The summed E-state index contributed by atoms with van der Waals surface area (Å²) in [6.07, 6.45) is 5.36. The fourth-order valence-corrected chi connectivity index (χ4v) is 1.94. The molecule has 1 aromatic rings. The molecule has 1 heterocycles. The number of aromatic nitrogens is 2. The first-order valence-corrected chi connectivity index (χ1v) is 5.01. The van der Waals surface area contributed by atoms with Gasteiger partial charge in [0.15, 0.2) is 0 Å². The summed E-state index contributed by atoms with van der Waals surface area (Å²) in [5, 5.41) is 13.5. The summed E-state index contributed by atoms with van der Waals surface area (Å²) in [6.45, 7) is 0. The molecule has 1 saturated carbocycles. The zero-order valence-corrected chi connectivity index (χ0v) is 8.59. The monoisotopic (exact) mass is 210 g/mol. The van der Waals surface area contributed by atoms with Crippen molar-refractivity contribution in [1.82, 2.24) is 9.78 Å². The van der Waals surface area contributed by atoms with Crippen LogP contribution in [0.25, 0.3) is 0 Å². The number of rotatable bonds is 2. The van der Waals surface area contributed by atoms with Gasteiger partial charge in [-0.05, 0) is 19.3 Å². The molecule has 0 aliphatic heterocycles. The highest BCUT2D eigenvalue weighted by atomic mass is 16.5. The van der Waals surface area contributed by atoms with E-state index >= 15 is 0 Å². The molecule has 1 fully saturated rings. The van der Waals surface area contributed by atoms with E-state index in [4.69, 9.17) is 0 Å². The van der Waals surface area contributed by atoms with Crippen molar-refractivity contribution in [2.45, 2.75) is 31.4 Å². The maximum atomic E-state index is 11.2. The van der Waals surface area contributed by atoms with E-state index in [-0.39, 0.29) is 18.1 Å². The molecule has 0 saturated heterocycles. The zero-order valence-electron chi connectivity index (χ0n) is 8.59. The van der Waals surface area contributed by atoms with Crippen LogP contribution in [0.15, 0.2) is 12.4 Å². The molecule has 82 valence electrons. The maximum absolute atomic E-state index is 11.2. The van der Waals surface area contributed by atoms with Gasteiger partial charge in [0, 0.05) is 6.20 Å². The van der Waals surface area contributed by atoms with E-state index in [2.05, 4.69) is 9.84 Å². The lowest BCUT2D eigenvalue weighted by atomic mass is 10.2. The molecule has 1 N–H and O–H groups in total. The molecule has 0 amide bonds. The Morgan fingerprint density at radius 3 is 3.07 bits per heavy atom. The van der Waals surface area contributed by atoms with Crippen molar-refractivity contribution >= 4 is 5.97 Å². The molecular formula is C10H14N2O3. The molecule has 0 radical (unpaired) electrons. The Balaban J connectivity index is 2.10. The minimum atomic E-state index is -0.375. The molecule has 1 aliphatic carbocycles. The van der Waals surface area contributed by atoms with Crippen LogP contribution < -0.4 is 0 Å². The van der Waals surface area contributed by atoms with Crippen molar-refractivity contribution in [2.75, 3.05) is 7.11 Å². The molecule has 2 atom stereocenters. The maximum Gasteiger partial charge on any atom is 0.341 e. The smallest absolute Gasteiger partial charge is 0.341 e. The molecule has 15 heavy (non-hydrogen) atoms. The van der Waals surface area contributed by atoms with Crippen molar-refractivity contribution in [2.24, 2.45) is 0 Å². The molecule has 2 unspecified atom stereocenters. The molecule has 0 spiro atoms. The van der Waals surface area contributed by atoms with Gasteiger partial charge in [0.25, 0.3) is 0 Å². The molecular weight excluding hydrogens is 196 g/mol. The number of esters is 1. The lowest BCUT2D eigenvalue weighted by Gasteiger charge is -2.08. The molecule has 5 nitrogen and oxygen atoms in total. The first kappa shape index (κ1) is 10.2. The molecule has 5 heteroatoms. The van der Waals surface area contributed by atoms with Gasteiger partial charge in [-0.25, -0.2) is 4.79 Å². The van der Waals surface area contributed by atoms with Crippen LogP contribution in [0.4, 0.5) is 0 Å². The summed E-state index contributed by atoms with van der Waals surface area (Å²) >= 11 is 0. The van der Waals surface area contributed by atoms with Crippen LogP contribution in [0.3, 0.4) is 0 Å². The number of hydrogen-bond acceptors (Lipinski definition) is 4. The van der Waals surface area contributed by atoms with Gasteiger partial charge in [-0.3, -0.25) is 4.68 Å². The number of aliphatic hydroxyl groups is 1. The molecule has 2 rings (SSSR count). The average molecular weight is 210 g/mol. The number of carbonyl (C=O) groups excluding carboxylic acids is 1. The van der Waals surface area contributed by atoms with Gasteiger partial charge in [-0.1, -0.05) is 0 Å². The van der Waals surface area contributed by atoms with Gasteiger partial charge in [0.1, 0.15) is 0 Å². The Bertz CT molecular complexity index is 361. The molecule has 1 aliphatic rings. The Hall–Kier alpha value is -1.36. The predicted octanol–water partition coefficient (Wildman–Crippen LogP) is 0.756. The van der Waals surface area contributed by atoms with Crippen LogP contribution in [-0.2, 0) is 4.74 Å². The molecule has 1 aromatic heterocycles. The van der Waals surface area contributed by atoms with E-state index in [1.165, 1.54) is 13.3 Å². The topological polar surface area (TPSA) is 64.3 Å².